The van der Waals surface area contributed by atoms with E-state index in [1.807, 2.05) is 33.3 Å². The number of fused-ring (bicyclic) bond motifs is 1. The molecule has 0 atom stereocenters. The third-order valence-corrected chi connectivity index (χ3v) is 4.76. The smallest absolute Gasteiger partial charge is 0.177 e. The van der Waals surface area contributed by atoms with Crippen molar-refractivity contribution < 1.29 is 0 Å². The second-order valence-electron chi connectivity index (χ2n) is 7.28. The Morgan fingerprint density at radius 3 is 2.46 bits per heavy atom. The SMILES string of the molecule is Cc1cc(N)nc(CCc2nc3ncc(-c4ccc(N(C)C)cc4)cc3[nH]2)c1. The van der Waals surface area contributed by atoms with Crippen molar-refractivity contribution in [2.75, 3.05) is 24.7 Å². The van der Waals surface area contributed by atoms with Crippen LogP contribution in [-0.4, -0.2) is 34.0 Å². The van der Waals surface area contributed by atoms with Crippen molar-refractivity contribution in [3.63, 3.8) is 0 Å². The summed E-state index contributed by atoms with van der Waals surface area (Å²) in [4.78, 5) is 19.0. The lowest BCUT2D eigenvalue weighted by Crippen LogP contribution is -2.07. The molecule has 0 bridgehead atoms. The molecule has 142 valence electrons. The first-order valence-electron chi connectivity index (χ1n) is 9.33. The number of benzene rings is 1. The molecule has 28 heavy (non-hydrogen) atoms. The highest BCUT2D eigenvalue weighted by Crippen LogP contribution is 2.24. The lowest BCUT2D eigenvalue weighted by molar-refractivity contribution is 0.860. The van der Waals surface area contributed by atoms with Gasteiger partial charge in [0.15, 0.2) is 5.65 Å². The largest absolute Gasteiger partial charge is 0.384 e. The van der Waals surface area contributed by atoms with E-state index in [0.29, 0.717) is 5.82 Å². The summed E-state index contributed by atoms with van der Waals surface area (Å²) in [5, 5.41) is 0. The van der Waals surface area contributed by atoms with Crippen molar-refractivity contribution in [2.45, 2.75) is 19.8 Å². The Morgan fingerprint density at radius 1 is 0.964 bits per heavy atom. The number of aryl methyl sites for hydroxylation is 3. The average molecular weight is 372 g/mol. The monoisotopic (exact) mass is 372 g/mol. The number of pyridine rings is 2. The van der Waals surface area contributed by atoms with Crippen molar-refractivity contribution in [1.29, 1.82) is 0 Å². The van der Waals surface area contributed by atoms with Crippen molar-refractivity contribution in [3.8, 4) is 11.1 Å². The fraction of sp³-hybridized carbons (Fsp3) is 0.227. The first kappa shape index (κ1) is 18.0. The number of hydrogen-bond acceptors (Lipinski definition) is 5. The van der Waals surface area contributed by atoms with Gasteiger partial charge in [0.25, 0.3) is 0 Å². The number of aromatic nitrogens is 4. The van der Waals surface area contributed by atoms with Crippen LogP contribution in [0.3, 0.4) is 0 Å². The van der Waals surface area contributed by atoms with Gasteiger partial charge in [-0.15, -0.1) is 0 Å². The summed E-state index contributed by atoms with van der Waals surface area (Å²) in [6.45, 7) is 2.03. The number of aromatic amines is 1. The van der Waals surface area contributed by atoms with Crippen molar-refractivity contribution >= 4 is 22.7 Å². The van der Waals surface area contributed by atoms with Gasteiger partial charge in [-0.1, -0.05) is 12.1 Å². The van der Waals surface area contributed by atoms with E-state index in [1.54, 1.807) is 0 Å². The maximum atomic E-state index is 5.84. The summed E-state index contributed by atoms with van der Waals surface area (Å²) in [5.41, 5.74) is 13.0. The second-order valence-corrected chi connectivity index (χ2v) is 7.28. The number of anilines is 2. The van der Waals surface area contributed by atoms with Gasteiger partial charge in [-0.2, -0.15) is 0 Å². The van der Waals surface area contributed by atoms with E-state index in [4.69, 9.17) is 5.73 Å². The lowest BCUT2D eigenvalue weighted by Gasteiger charge is -2.12. The number of hydrogen-bond donors (Lipinski definition) is 2. The van der Waals surface area contributed by atoms with E-state index < -0.39 is 0 Å². The van der Waals surface area contributed by atoms with E-state index in [9.17, 15) is 0 Å². The average Bonchev–Trinajstić information content (AvgIpc) is 3.08. The molecule has 0 spiro atoms. The Bertz CT molecular complexity index is 1090. The molecule has 0 radical (unpaired) electrons. The predicted molar refractivity (Wildman–Crippen MR) is 114 cm³/mol. The Balaban J connectivity index is 1.54. The third kappa shape index (κ3) is 3.81. The molecule has 3 heterocycles. The molecule has 3 N–H and O–H groups in total. The van der Waals surface area contributed by atoms with Crippen LogP contribution in [0.15, 0.2) is 48.7 Å². The molecule has 0 saturated heterocycles. The van der Waals surface area contributed by atoms with Crippen LogP contribution in [0.1, 0.15) is 17.1 Å². The van der Waals surface area contributed by atoms with Crippen molar-refractivity contribution in [1.82, 2.24) is 19.9 Å². The van der Waals surface area contributed by atoms with Gasteiger partial charge >= 0.3 is 0 Å². The molecule has 0 aliphatic carbocycles. The maximum absolute atomic E-state index is 5.84. The zero-order chi connectivity index (χ0) is 19.7. The van der Waals surface area contributed by atoms with Crippen LogP contribution < -0.4 is 10.6 Å². The molecule has 0 aliphatic heterocycles. The van der Waals surface area contributed by atoms with Crippen LogP contribution in [-0.2, 0) is 12.8 Å². The van der Waals surface area contributed by atoms with Gasteiger partial charge in [0.05, 0.1) is 5.52 Å². The van der Waals surface area contributed by atoms with E-state index in [1.165, 1.54) is 5.69 Å². The van der Waals surface area contributed by atoms with Crippen molar-refractivity contribution in [3.05, 3.63) is 65.7 Å². The van der Waals surface area contributed by atoms with Gasteiger partial charge in [-0.25, -0.2) is 15.0 Å². The van der Waals surface area contributed by atoms with E-state index in [0.717, 1.165) is 52.2 Å². The minimum absolute atomic E-state index is 0.561. The fourth-order valence-corrected chi connectivity index (χ4v) is 3.32. The van der Waals surface area contributed by atoms with E-state index >= 15 is 0 Å². The van der Waals surface area contributed by atoms with Gasteiger partial charge in [0.2, 0.25) is 0 Å². The highest BCUT2D eigenvalue weighted by atomic mass is 15.1. The second kappa shape index (κ2) is 7.31. The maximum Gasteiger partial charge on any atom is 0.177 e. The Kier molecular flexibility index (Phi) is 4.69. The highest BCUT2D eigenvalue weighted by molar-refractivity contribution is 5.78. The quantitative estimate of drug-likeness (QED) is 0.557. The summed E-state index contributed by atoms with van der Waals surface area (Å²) in [6.07, 6.45) is 3.42. The standard InChI is InChI=1S/C22H24N6/c1-14-10-17(25-20(23)11-14)6-9-21-26-19-12-16(13-24-22(19)27-21)15-4-7-18(8-5-15)28(2)3/h4-5,7-8,10-13H,6,9H2,1-3H3,(H2,23,25)(H,24,26,27). The Labute approximate surface area is 164 Å². The van der Waals surface area contributed by atoms with Crippen LogP contribution in [0.5, 0.6) is 0 Å². The molecule has 3 aromatic heterocycles. The zero-order valence-corrected chi connectivity index (χ0v) is 16.4. The van der Waals surface area contributed by atoms with Gasteiger partial charge in [0.1, 0.15) is 11.6 Å². The van der Waals surface area contributed by atoms with Crippen LogP contribution in [0.25, 0.3) is 22.3 Å². The summed E-state index contributed by atoms with van der Waals surface area (Å²) < 4.78 is 0. The number of nitrogen functional groups attached to an aromatic ring is 1. The molecule has 6 heteroatoms. The van der Waals surface area contributed by atoms with Crippen LogP contribution in [0.4, 0.5) is 11.5 Å². The number of rotatable bonds is 5. The molecular formula is C22H24N6. The Morgan fingerprint density at radius 2 is 1.75 bits per heavy atom. The highest BCUT2D eigenvalue weighted by Gasteiger charge is 2.08. The molecule has 0 fully saturated rings. The predicted octanol–water partition coefficient (Wildman–Crippen LogP) is 3.76. The molecule has 0 unspecified atom stereocenters. The number of nitrogens with two attached hydrogens (primary N) is 1. The number of nitrogens with one attached hydrogen (secondary N) is 1. The number of H-pyrrole nitrogens is 1. The molecule has 0 amide bonds. The fourth-order valence-electron chi connectivity index (χ4n) is 3.32. The van der Waals surface area contributed by atoms with Crippen LogP contribution in [0.2, 0.25) is 0 Å². The molecule has 1 aromatic carbocycles. The first-order valence-corrected chi connectivity index (χ1v) is 9.33. The van der Waals surface area contributed by atoms with Gasteiger partial charge in [0, 0.05) is 43.7 Å². The zero-order valence-electron chi connectivity index (χ0n) is 16.4. The molecule has 0 saturated carbocycles. The topological polar surface area (TPSA) is 83.7 Å². The van der Waals surface area contributed by atoms with E-state index in [-0.39, 0.29) is 0 Å². The summed E-state index contributed by atoms with van der Waals surface area (Å²) >= 11 is 0. The first-order chi connectivity index (χ1) is 13.5. The minimum atomic E-state index is 0.561. The van der Waals surface area contributed by atoms with Gasteiger partial charge < -0.3 is 15.6 Å². The van der Waals surface area contributed by atoms with Crippen LogP contribution in [0, 0.1) is 6.92 Å². The third-order valence-electron chi connectivity index (χ3n) is 4.76. The summed E-state index contributed by atoms with van der Waals surface area (Å²) in [5.74, 6) is 1.47. The van der Waals surface area contributed by atoms with Gasteiger partial charge in [-0.3, -0.25) is 0 Å². The molecule has 6 nitrogen and oxygen atoms in total. The molecular weight excluding hydrogens is 348 g/mol. The summed E-state index contributed by atoms with van der Waals surface area (Å²) in [6, 6.07) is 14.5. The number of imidazole rings is 1. The molecule has 0 aliphatic rings. The molecule has 4 rings (SSSR count). The van der Waals surface area contributed by atoms with E-state index in [2.05, 4.69) is 61.2 Å². The Hall–Kier alpha value is -3.41. The molecule has 4 aromatic rings. The van der Waals surface area contributed by atoms with Gasteiger partial charge in [-0.05, 0) is 54.8 Å². The lowest BCUT2D eigenvalue weighted by atomic mass is 10.1. The number of nitrogens with zero attached hydrogens (tertiary/aromatic N) is 4. The van der Waals surface area contributed by atoms with Crippen molar-refractivity contribution in [2.24, 2.45) is 0 Å². The minimum Gasteiger partial charge on any atom is -0.384 e. The normalized spacial score (nSPS) is 11.1. The summed E-state index contributed by atoms with van der Waals surface area (Å²) in [7, 11) is 4.07. The van der Waals surface area contributed by atoms with Crippen LogP contribution >= 0.6 is 0 Å².